The Morgan fingerprint density at radius 2 is 2.08 bits per heavy atom. The highest BCUT2D eigenvalue weighted by atomic mass is 16.5. The molecule has 0 spiro atoms. The van der Waals surface area contributed by atoms with Crippen molar-refractivity contribution in [3.05, 3.63) is 48.0 Å². The smallest absolute Gasteiger partial charge is 0.407 e. The summed E-state index contributed by atoms with van der Waals surface area (Å²) in [6.45, 7) is 6.43. The van der Waals surface area contributed by atoms with Crippen LogP contribution >= 0.6 is 0 Å². The van der Waals surface area contributed by atoms with Crippen molar-refractivity contribution in [2.75, 3.05) is 0 Å². The van der Waals surface area contributed by atoms with E-state index in [2.05, 4.69) is 29.4 Å². The summed E-state index contributed by atoms with van der Waals surface area (Å²) >= 11 is 0. The van der Waals surface area contributed by atoms with E-state index in [1.165, 1.54) is 0 Å². The predicted octanol–water partition coefficient (Wildman–Crippen LogP) is 3.63. The van der Waals surface area contributed by atoms with Gasteiger partial charge in [-0.15, -0.1) is 10.2 Å². The summed E-state index contributed by atoms with van der Waals surface area (Å²) in [5, 5.41) is 10.9. The third kappa shape index (κ3) is 5.37. The van der Waals surface area contributed by atoms with Crippen molar-refractivity contribution in [2.24, 2.45) is 0 Å². The van der Waals surface area contributed by atoms with Gasteiger partial charge in [0.05, 0.1) is 0 Å². The van der Waals surface area contributed by atoms with Crippen molar-refractivity contribution < 1.29 is 9.53 Å². The van der Waals surface area contributed by atoms with Gasteiger partial charge in [0.2, 0.25) is 0 Å². The summed E-state index contributed by atoms with van der Waals surface area (Å²) in [5.41, 5.74) is 0.980. The van der Waals surface area contributed by atoms with Crippen LogP contribution in [0, 0.1) is 6.92 Å². The summed E-state index contributed by atoms with van der Waals surface area (Å²) in [7, 11) is 0. The number of carbonyl (C=O) groups is 1. The first kappa shape index (κ1) is 18.0. The molecular weight excluding hydrogens is 304 g/mol. The molecule has 6 heteroatoms. The molecule has 2 rings (SSSR count). The van der Waals surface area contributed by atoms with E-state index in [4.69, 9.17) is 4.74 Å². The van der Waals surface area contributed by atoms with Gasteiger partial charge < -0.3 is 14.6 Å². The van der Waals surface area contributed by atoms with E-state index in [0.717, 1.165) is 30.7 Å². The van der Waals surface area contributed by atoms with Gasteiger partial charge in [0.25, 0.3) is 0 Å². The number of rotatable bonds is 8. The number of hydrogen-bond donors (Lipinski definition) is 1. The molecule has 0 radical (unpaired) electrons. The van der Waals surface area contributed by atoms with Crippen LogP contribution in [0.5, 0.6) is 0 Å². The van der Waals surface area contributed by atoms with Gasteiger partial charge in [0.15, 0.2) is 0 Å². The fourth-order valence-electron chi connectivity index (χ4n) is 2.79. The van der Waals surface area contributed by atoms with E-state index < -0.39 is 0 Å². The number of amides is 1. The minimum Gasteiger partial charge on any atom is -0.445 e. The second-order valence-electron chi connectivity index (χ2n) is 6.06. The molecule has 0 aliphatic carbocycles. The quantitative estimate of drug-likeness (QED) is 0.802. The van der Waals surface area contributed by atoms with E-state index in [1.54, 1.807) is 6.33 Å². The van der Waals surface area contributed by atoms with Crippen molar-refractivity contribution in [2.45, 2.75) is 58.7 Å². The summed E-state index contributed by atoms with van der Waals surface area (Å²) in [5.74, 6) is 0.879. The van der Waals surface area contributed by atoms with Gasteiger partial charge in [0, 0.05) is 12.1 Å². The van der Waals surface area contributed by atoms with Crippen molar-refractivity contribution in [1.29, 1.82) is 0 Å². The molecule has 1 aromatic carbocycles. The molecule has 0 aliphatic rings. The lowest BCUT2D eigenvalue weighted by molar-refractivity contribution is 0.133. The molecule has 1 aromatic heterocycles. The van der Waals surface area contributed by atoms with Gasteiger partial charge in [-0.2, -0.15) is 0 Å². The summed E-state index contributed by atoms with van der Waals surface area (Å²) in [6, 6.07) is 9.96. The second kappa shape index (κ2) is 9.05. The molecule has 2 aromatic rings. The van der Waals surface area contributed by atoms with E-state index in [0.29, 0.717) is 0 Å². The van der Waals surface area contributed by atoms with Crippen LogP contribution in [-0.4, -0.2) is 26.9 Å². The monoisotopic (exact) mass is 330 g/mol. The molecule has 0 bridgehead atoms. The highest BCUT2D eigenvalue weighted by Crippen LogP contribution is 2.17. The number of benzene rings is 1. The van der Waals surface area contributed by atoms with Gasteiger partial charge in [-0.25, -0.2) is 4.79 Å². The fraction of sp³-hybridized carbons (Fsp3) is 0.500. The Morgan fingerprint density at radius 1 is 1.33 bits per heavy atom. The summed E-state index contributed by atoms with van der Waals surface area (Å²) in [4.78, 5) is 12.1. The fourth-order valence-corrected chi connectivity index (χ4v) is 2.79. The number of ether oxygens (including phenoxy) is 1. The topological polar surface area (TPSA) is 69.0 Å². The van der Waals surface area contributed by atoms with Crippen LogP contribution in [0.25, 0.3) is 0 Å². The van der Waals surface area contributed by atoms with Crippen molar-refractivity contribution in [3.63, 3.8) is 0 Å². The Kier molecular flexibility index (Phi) is 6.78. The molecule has 2 atom stereocenters. The lowest BCUT2D eigenvalue weighted by Gasteiger charge is -2.23. The van der Waals surface area contributed by atoms with Crippen LogP contribution in [0.15, 0.2) is 36.7 Å². The number of carbonyl (C=O) groups excluding carboxylic acids is 1. The van der Waals surface area contributed by atoms with Gasteiger partial charge in [-0.1, -0.05) is 43.7 Å². The lowest BCUT2D eigenvalue weighted by atomic mass is 10.0. The van der Waals surface area contributed by atoms with Gasteiger partial charge in [-0.05, 0) is 32.3 Å². The third-order valence-electron chi connectivity index (χ3n) is 4.02. The minimum atomic E-state index is -0.370. The van der Waals surface area contributed by atoms with Crippen molar-refractivity contribution in [3.8, 4) is 0 Å². The van der Waals surface area contributed by atoms with Crippen molar-refractivity contribution in [1.82, 2.24) is 20.1 Å². The summed E-state index contributed by atoms with van der Waals surface area (Å²) in [6.07, 6.45) is 4.08. The number of hydrogen-bond acceptors (Lipinski definition) is 4. The largest absolute Gasteiger partial charge is 0.445 e. The lowest BCUT2D eigenvalue weighted by Crippen LogP contribution is -2.36. The highest BCUT2D eigenvalue weighted by Gasteiger charge is 2.18. The zero-order chi connectivity index (χ0) is 17.4. The maximum absolute atomic E-state index is 12.1. The Morgan fingerprint density at radius 3 is 2.71 bits per heavy atom. The first-order chi connectivity index (χ1) is 11.6. The van der Waals surface area contributed by atoms with Gasteiger partial charge in [0.1, 0.15) is 18.8 Å². The normalized spacial score (nSPS) is 13.3. The highest BCUT2D eigenvalue weighted by molar-refractivity contribution is 5.67. The SMILES string of the molecule is CCC[C@@H](CC(C)n1cnnc1C)NC(=O)OCc1ccccc1. The molecule has 1 unspecified atom stereocenters. The molecule has 0 fully saturated rings. The predicted molar refractivity (Wildman–Crippen MR) is 92.5 cm³/mol. The molecule has 0 aliphatic heterocycles. The number of alkyl carbamates (subject to hydrolysis) is 1. The first-order valence-electron chi connectivity index (χ1n) is 8.43. The molecule has 6 nitrogen and oxygen atoms in total. The maximum atomic E-state index is 12.1. The average molecular weight is 330 g/mol. The van der Waals surface area contributed by atoms with Gasteiger partial charge in [-0.3, -0.25) is 0 Å². The number of aromatic nitrogens is 3. The molecule has 1 heterocycles. The van der Waals surface area contributed by atoms with E-state index in [9.17, 15) is 4.79 Å². The van der Waals surface area contributed by atoms with Crippen molar-refractivity contribution >= 4 is 6.09 Å². The molecule has 0 saturated carbocycles. The van der Waals surface area contributed by atoms with Crippen LogP contribution < -0.4 is 5.32 Å². The third-order valence-corrected chi connectivity index (χ3v) is 4.02. The number of aryl methyl sites for hydroxylation is 1. The molecule has 24 heavy (non-hydrogen) atoms. The zero-order valence-corrected chi connectivity index (χ0v) is 14.6. The van der Waals surface area contributed by atoms with Crippen LogP contribution in [0.1, 0.15) is 50.5 Å². The summed E-state index contributed by atoms with van der Waals surface area (Å²) < 4.78 is 7.35. The number of nitrogens with one attached hydrogen (secondary N) is 1. The van der Waals surface area contributed by atoms with E-state index in [1.807, 2.05) is 41.8 Å². The molecule has 1 N–H and O–H groups in total. The Balaban J connectivity index is 1.85. The Labute approximate surface area is 143 Å². The van der Waals surface area contributed by atoms with Crippen LogP contribution in [-0.2, 0) is 11.3 Å². The minimum absolute atomic E-state index is 0.0649. The van der Waals surface area contributed by atoms with Crippen LogP contribution in [0.3, 0.4) is 0 Å². The molecule has 0 saturated heterocycles. The molecular formula is C18H26N4O2. The first-order valence-corrected chi connectivity index (χ1v) is 8.43. The van der Waals surface area contributed by atoms with Crippen LogP contribution in [0.4, 0.5) is 4.79 Å². The number of nitrogens with zero attached hydrogens (tertiary/aromatic N) is 3. The Hall–Kier alpha value is -2.37. The van der Waals surface area contributed by atoms with Gasteiger partial charge >= 0.3 is 6.09 Å². The Bertz CT molecular complexity index is 627. The zero-order valence-electron chi connectivity index (χ0n) is 14.6. The molecule has 130 valence electrons. The van der Waals surface area contributed by atoms with Crippen LogP contribution in [0.2, 0.25) is 0 Å². The van der Waals surface area contributed by atoms with E-state index >= 15 is 0 Å². The standard InChI is InChI=1S/C18H26N4O2/c1-4-8-17(11-14(2)22-13-19-21-15(22)3)20-18(23)24-12-16-9-6-5-7-10-16/h5-7,9-10,13-14,17H,4,8,11-12H2,1-3H3,(H,20,23)/t14?,17-/m0/s1. The second-order valence-corrected chi connectivity index (χ2v) is 6.06. The average Bonchev–Trinajstić information content (AvgIpc) is 3.00. The van der Waals surface area contributed by atoms with E-state index in [-0.39, 0.29) is 24.8 Å². The molecule has 1 amide bonds. The maximum Gasteiger partial charge on any atom is 0.407 e.